The van der Waals surface area contributed by atoms with Crippen LogP contribution in [0.4, 0.5) is 15.8 Å². The zero-order valence-corrected chi connectivity index (χ0v) is 16.3. The zero-order chi connectivity index (χ0) is 20.3. The van der Waals surface area contributed by atoms with Crippen molar-refractivity contribution in [2.45, 2.75) is 11.8 Å². The van der Waals surface area contributed by atoms with Gasteiger partial charge >= 0.3 is 0 Å². The monoisotopic (exact) mass is 418 g/mol. The number of hydrogen-bond donors (Lipinski definition) is 2. The molecule has 0 aromatic heterocycles. The molecule has 0 heterocycles. The third kappa shape index (κ3) is 4.49. The molecule has 0 fully saturated rings. The molecule has 1 amide bonds. The van der Waals surface area contributed by atoms with Gasteiger partial charge in [0.2, 0.25) is 0 Å². The molecule has 2 N–H and O–H groups in total. The molecular formula is C20H16ClFN2O3S. The Morgan fingerprint density at radius 3 is 2.29 bits per heavy atom. The Hall–Kier alpha value is -2.90. The number of halogens is 2. The van der Waals surface area contributed by atoms with Gasteiger partial charge in [0, 0.05) is 16.4 Å². The van der Waals surface area contributed by atoms with E-state index in [9.17, 15) is 17.6 Å². The van der Waals surface area contributed by atoms with Crippen LogP contribution in [0.5, 0.6) is 0 Å². The van der Waals surface area contributed by atoms with E-state index in [-0.39, 0.29) is 16.1 Å². The fraction of sp³-hybridized carbons (Fsp3) is 0.0500. The Kier molecular flexibility index (Phi) is 5.67. The first-order valence-electron chi connectivity index (χ1n) is 8.21. The number of sulfonamides is 1. The Morgan fingerprint density at radius 2 is 1.61 bits per heavy atom. The third-order valence-corrected chi connectivity index (χ3v) is 5.73. The number of carbonyl (C=O) groups excluding carboxylic acids is 1. The molecule has 0 spiro atoms. The molecule has 0 aliphatic carbocycles. The fourth-order valence-electron chi connectivity index (χ4n) is 2.54. The first-order valence-corrected chi connectivity index (χ1v) is 10.1. The number of amides is 1. The predicted octanol–water partition coefficient (Wildman–Crippen LogP) is 4.84. The van der Waals surface area contributed by atoms with Crippen molar-refractivity contribution in [3.8, 4) is 0 Å². The lowest BCUT2D eigenvalue weighted by molar-refractivity contribution is 0.102. The molecule has 0 atom stereocenters. The number of hydrogen-bond acceptors (Lipinski definition) is 3. The molecule has 0 saturated carbocycles. The first kappa shape index (κ1) is 19.9. The molecule has 0 radical (unpaired) electrons. The van der Waals surface area contributed by atoms with Gasteiger partial charge in [-0.2, -0.15) is 0 Å². The Balaban J connectivity index is 1.87. The minimum atomic E-state index is -3.91. The Bertz CT molecular complexity index is 1130. The van der Waals surface area contributed by atoms with Crippen LogP contribution in [-0.2, 0) is 10.0 Å². The maximum atomic E-state index is 13.8. The molecule has 3 aromatic rings. The summed E-state index contributed by atoms with van der Waals surface area (Å²) in [5.41, 5.74) is 0.942. The highest BCUT2D eigenvalue weighted by atomic mass is 35.5. The van der Waals surface area contributed by atoms with Gasteiger partial charge in [-0.1, -0.05) is 29.8 Å². The molecule has 28 heavy (non-hydrogen) atoms. The molecule has 0 saturated heterocycles. The zero-order valence-electron chi connectivity index (χ0n) is 14.7. The van der Waals surface area contributed by atoms with Gasteiger partial charge in [0.1, 0.15) is 5.82 Å². The van der Waals surface area contributed by atoms with Crippen molar-refractivity contribution in [3.63, 3.8) is 0 Å². The highest BCUT2D eigenvalue weighted by Crippen LogP contribution is 2.24. The summed E-state index contributed by atoms with van der Waals surface area (Å²) in [5, 5.41) is 3.00. The molecule has 8 heteroatoms. The lowest BCUT2D eigenvalue weighted by atomic mass is 10.2. The number of aryl methyl sites for hydroxylation is 1. The molecule has 3 aromatic carbocycles. The van der Waals surface area contributed by atoms with E-state index in [1.807, 2.05) is 0 Å². The van der Waals surface area contributed by atoms with E-state index in [1.165, 1.54) is 24.3 Å². The highest BCUT2D eigenvalue weighted by Gasteiger charge is 2.19. The number of rotatable bonds is 5. The van der Waals surface area contributed by atoms with Crippen LogP contribution >= 0.6 is 11.6 Å². The van der Waals surface area contributed by atoms with E-state index in [1.54, 1.807) is 49.4 Å². The second-order valence-electron chi connectivity index (χ2n) is 6.03. The summed E-state index contributed by atoms with van der Waals surface area (Å²) < 4.78 is 41.7. The van der Waals surface area contributed by atoms with Crippen LogP contribution in [0.15, 0.2) is 71.6 Å². The summed E-state index contributed by atoms with van der Waals surface area (Å²) in [5.74, 6) is -1.33. The van der Waals surface area contributed by atoms with E-state index in [0.29, 0.717) is 16.3 Å². The molecule has 0 unspecified atom stereocenters. The highest BCUT2D eigenvalue weighted by molar-refractivity contribution is 7.92. The van der Waals surface area contributed by atoms with Crippen molar-refractivity contribution in [1.82, 2.24) is 0 Å². The van der Waals surface area contributed by atoms with Crippen LogP contribution in [0.3, 0.4) is 0 Å². The summed E-state index contributed by atoms with van der Waals surface area (Å²) >= 11 is 5.81. The van der Waals surface area contributed by atoms with Crippen LogP contribution in [-0.4, -0.2) is 14.3 Å². The van der Waals surface area contributed by atoms with E-state index >= 15 is 0 Å². The quantitative estimate of drug-likeness (QED) is 0.622. The van der Waals surface area contributed by atoms with Crippen molar-refractivity contribution in [2.75, 3.05) is 10.0 Å². The number of benzene rings is 3. The van der Waals surface area contributed by atoms with Crippen molar-refractivity contribution in [1.29, 1.82) is 0 Å². The van der Waals surface area contributed by atoms with Crippen LogP contribution < -0.4 is 10.0 Å². The maximum absolute atomic E-state index is 13.8. The van der Waals surface area contributed by atoms with E-state index in [2.05, 4.69) is 10.0 Å². The molecule has 0 bridgehead atoms. The van der Waals surface area contributed by atoms with Gasteiger partial charge < -0.3 is 5.32 Å². The van der Waals surface area contributed by atoms with Crippen LogP contribution in [0.1, 0.15) is 15.9 Å². The van der Waals surface area contributed by atoms with Crippen molar-refractivity contribution >= 4 is 38.9 Å². The van der Waals surface area contributed by atoms with Gasteiger partial charge in [-0.3, -0.25) is 9.52 Å². The van der Waals surface area contributed by atoms with E-state index in [0.717, 1.165) is 0 Å². The number of nitrogens with one attached hydrogen (secondary N) is 2. The lowest BCUT2D eigenvalue weighted by Crippen LogP contribution is -2.16. The van der Waals surface area contributed by atoms with E-state index < -0.39 is 21.7 Å². The van der Waals surface area contributed by atoms with Crippen molar-refractivity contribution in [2.24, 2.45) is 0 Å². The van der Waals surface area contributed by atoms with Crippen molar-refractivity contribution < 1.29 is 17.6 Å². The van der Waals surface area contributed by atoms with Gasteiger partial charge in [0.25, 0.3) is 15.9 Å². The second-order valence-corrected chi connectivity index (χ2v) is 8.11. The summed E-state index contributed by atoms with van der Waals surface area (Å²) in [4.78, 5) is 12.3. The minimum Gasteiger partial charge on any atom is -0.322 e. The molecule has 144 valence electrons. The summed E-state index contributed by atoms with van der Waals surface area (Å²) in [6.45, 7) is 1.64. The lowest BCUT2D eigenvalue weighted by Gasteiger charge is -2.13. The van der Waals surface area contributed by atoms with E-state index in [4.69, 9.17) is 11.6 Å². The average molecular weight is 419 g/mol. The Labute approximate surface area is 167 Å². The van der Waals surface area contributed by atoms with Crippen LogP contribution in [0.25, 0.3) is 0 Å². The summed E-state index contributed by atoms with van der Waals surface area (Å²) in [7, 11) is -3.91. The molecule has 3 rings (SSSR count). The molecule has 5 nitrogen and oxygen atoms in total. The third-order valence-electron chi connectivity index (χ3n) is 3.95. The van der Waals surface area contributed by atoms with Crippen LogP contribution in [0.2, 0.25) is 5.02 Å². The standard InChI is InChI=1S/C20H16ClFN2O3S/c1-13-6-9-16(23-20(25)17-4-2-3-5-18(17)22)12-19(13)28(26,27)24-15-10-7-14(21)8-11-15/h2-12,24H,1H3,(H,23,25). The number of carbonyl (C=O) groups is 1. The van der Waals surface area contributed by atoms with Gasteiger partial charge in [-0.05, 0) is 61.0 Å². The largest absolute Gasteiger partial charge is 0.322 e. The summed E-state index contributed by atoms with van der Waals surface area (Å²) in [6.07, 6.45) is 0. The number of anilines is 2. The second kappa shape index (κ2) is 8.00. The first-order chi connectivity index (χ1) is 13.3. The van der Waals surface area contributed by atoms with Gasteiger partial charge in [0.15, 0.2) is 0 Å². The SMILES string of the molecule is Cc1ccc(NC(=O)c2ccccc2F)cc1S(=O)(=O)Nc1ccc(Cl)cc1. The smallest absolute Gasteiger partial charge is 0.262 e. The van der Waals surface area contributed by atoms with Gasteiger partial charge in [-0.15, -0.1) is 0 Å². The topological polar surface area (TPSA) is 75.3 Å². The fourth-order valence-corrected chi connectivity index (χ4v) is 4.00. The molecule has 0 aliphatic rings. The predicted molar refractivity (Wildman–Crippen MR) is 108 cm³/mol. The average Bonchev–Trinajstić information content (AvgIpc) is 2.65. The minimum absolute atomic E-state index is 0.00576. The molecule has 0 aliphatic heterocycles. The van der Waals surface area contributed by atoms with Crippen molar-refractivity contribution in [3.05, 3.63) is 88.7 Å². The maximum Gasteiger partial charge on any atom is 0.262 e. The normalized spacial score (nSPS) is 11.1. The van der Waals surface area contributed by atoms with Crippen LogP contribution in [0, 0.1) is 12.7 Å². The van der Waals surface area contributed by atoms with Gasteiger partial charge in [0.05, 0.1) is 10.5 Å². The molecular weight excluding hydrogens is 403 g/mol. The Morgan fingerprint density at radius 1 is 0.964 bits per heavy atom. The summed E-state index contributed by atoms with van der Waals surface area (Å²) in [6, 6.07) is 16.2. The van der Waals surface area contributed by atoms with Gasteiger partial charge in [-0.25, -0.2) is 12.8 Å².